The van der Waals surface area contributed by atoms with Gasteiger partial charge in [0.2, 0.25) is 5.95 Å². The molecule has 0 radical (unpaired) electrons. The summed E-state index contributed by atoms with van der Waals surface area (Å²) in [4.78, 5) is 14.3. The number of aliphatic hydroxyl groups excluding tert-OH is 2. The van der Waals surface area contributed by atoms with Crippen molar-refractivity contribution in [2.75, 3.05) is 31.3 Å². The van der Waals surface area contributed by atoms with Gasteiger partial charge in [-0.15, -0.1) is 0 Å². The van der Waals surface area contributed by atoms with Crippen LogP contribution in [0.3, 0.4) is 0 Å². The lowest BCUT2D eigenvalue weighted by Gasteiger charge is -2.27. The Morgan fingerprint density at radius 1 is 1.43 bits per heavy atom. The molecule has 4 atom stereocenters. The van der Waals surface area contributed by atoms with Gasteiger partial charge in [0.25, 0.3) is 0 Å². The van der Waals surface area contributed by atoms with Crippen LogP contribution in [0.25, 0.3) is 11.2 Å². The minimum absolute atomic E-state index is 0.0554. The normalized spacial score (nSPS) is 31.0. The van der Waals surface area contributed by atoms with E-state index < -0.39 is 30.6 Å². The van der Waals surface area contributed by atoms with E-state index in [9.17, 15) is 15.3 Å². The summed E-state index contributed by atoms with van der Waals surface area (Å²) in [5.41, 5.74) is 4.99. The van der Waals surface area contributed by atoms with E-state index in [1.165, 1.54) is 17.8 Å². The molecule has 0 bridgehead atoms. The number of aromatic nitrogens is 4. The molecule has 0 saturated carbocycles. The molecule has 2 aromatic rings. The molecule has 1 aliphatic rings. The van der Waals surface area contributed by atoms with E-state index in [1.807, 2.05) is 0 Å². The molecule has 5 N–H and O–H groups in total. The maximum atomic E-state index is 10.6. The SMILES string of the molecule is CN(C)c1nc(N)nc2c1ncn2[C@@H]1O[C@H](CO)[C@@H](O)[C@@]1(C)O. The van der Waals surface area contributed by atoms with Crippen molar-refractivity contribution in [2.45, 2.75) is 31.0 Å². The smallest absolute Gasteiger partial charge is 0.224 e. The van der Waals surface area contributed by atoms with Gasteiger partial charge >= 0.3 is 0 Å². The van der Waals surface area contributed by atoms with E-state index >= 15 is 0 Å². The lowest BCUT2D eigenvalue weighted by atomic mass is 9.96. The van der Waals surface area contributed by atoms with E-state index in [0.717, 1.165) is 0 Å². The van der Waals surface area contributed by atoms with Crippen molar-refractivity contribution >= 4 is 22.9 Å². The molecule has 1 aliphatic heterocycles. The molecule has 0 unspecified atom stereocenters. The fraction of sp³-hybridized carbons (Fsp3) is 0.615. The van der Waals surface area contributed by atoms with E-state index in [0.29, 0.717) is 17.0 Å². The van der Waals surface area contributed by atoms with E-state index in [4.69, 9.17) is 10.5 Å². The minimum Gasteiger partial charge on any atom is -0.394 e. The molecule has 3 heterocycles. The first-order valence-corrected chi connectivity index (χ1v) is 7.11. The van der Waals surface area contributed by atoms with Crippen molar-refractivity contribution in [3.63, 3.8) is 0 Å². The quantitative estimate of drug-likeness (QED) is 0.529. The monoisotopic (exact) mass is 324 g/mol. The Balaban J connectivity index is 2.14. The standard InChI is InChI=1S/C13H20N6O4/c1-13(22)8(21)6(4-20)23-11(13)19-5-15-7-9(18(2)3)16-12(14)17-10(7)19/h5-6,8,11,20-22H,4H2,1-3H3,(H2,14,16,17)/t6-,8-,11-,13-/m1/s1. The molecule has 126 valence electrons. The number of rotatable bonds is 3. The number of nitrogens with zero attached hydrogens (tertiary/aromatic N) is 5. The van der Waals surface area contributed by atoms with Crippen LogP contribution in [0.2, 0.25) is 0 Å². The highest BCUT2D eigenvalue weighted by atomic mass is 16.6. The number of anilines is 2. The molecule has 10 nitrogen and oxygen atoms in total. The molecule has 3 rings (SSSR count). The Morgan fingerprint density at radius 2 is 2.13 bits per heavy atom. The van der Waals surface area contributed by atoms with Crippen LogP contribution in [0.15, 0.2) is 6.33 Å². The third kappa shape index (κ3) is 2.30. The zero-order chi connectivity index (χ0) is 16.9. The number of hydrogen-bond acceptors (Lipinski definition) is 9. The van der Waals surface area contributed by atoms with E-state index in [2.05, 4.69) is 15.0 Å². The Bertz CT molecular complexity index is 731. The number of fused-ring (bicyclic) bond motifs is 1. The third-order valence-electron chi connectivity index (χ3n) is 4.03. The van der Waals surface area contributed by atoms with Gasteiger partial charge in [0.1, 0.15) is 17.8 Å². The summed E-state index contributed by atoms with van der Waals surface area (Å²) in [6.45, 7) is 1.02. The fourth-order valence-electron chi connectivity index (χ4n) is 2.79. The van der Waals surface area contributed by atoms with Gasteiger partial charge in [-0.3, -0.25) is 4.57 Å². The predicted molar refractivity (Wildman–Crippen MR) is 81.7 cm³/mol. The number of aliphatic hydroxyl groups is 3. The highest BCUT2D eigenvalue weighted by Crippen LogP contribution is 2.39. The number of nitrogens with two attached hydrogens (primary N) is 1. The van der Waals surface area contributed by atoms with Crippen LogP contribution in [-0.4, -0.2) is 73.3 Å². The van der Waals surface area contributed by atoms with Crippen molar-refractivity contribution in [1.29, 1.82) is 0 Å². The van der Waals surface area contributed by atoms with Gasteiger partial charge in [-0.2, -0.15) is 9.97 Å². The van der Waals surface area contributed by atoms with Crippen LogP contribution in [0.5, 0.6) is 0 Å². The molecular formula is C13H20N6O4. The molecule has 0 amide bonds. The van der Waals surface area contributed by atoms with Crippen molar-refractivity contribution < 1.29 is 20.1 Å². The van der Waals surface area contributed by atoms with Gasteiger partial charge in [0.05, 0.1) is 12.9 Å². The second kappa shape index (κ2) is 5.27. The molecule has 10 heteroatoms. The topological polar surface area (TPSA) is 143 Å². The molecule has 1 saturated heterocycles. The summed E-state index contributed by atoms with van der Waals surface area (Å²) < 4.78 is 7.07. The van der Waals surface area contributed by atoms with Gasteiger partial charge in [0, 0.05) is 14.1 Å². The molecule has 0 spiro atoms. The van der Waals surface area contributed by atoms with Crippen LogP contribution in [0.4, 0.5) is 11.8 Å². The first-order chi connectivity index (χ1) is 10.8. The Labute approximate surface area is 132 Å². The van der Waals surface area contributed by atoms with Crippen molar-refractivity contribution in [3.8, 4) is 0 Å². The van der Waals surface area contributed by atoms with Crippen molar-refractivity contribution in [2.24, 2.45) is 0 Å². The fourth-order valence-corrected chi connectivity index (χ4v) is 2.79. The number of imidazole rings is 1. The maximum absolute atomic E-state index is 10.6. The van der Waals surface area contributed by atoms with Gasteiger partial charge in [-0.1, -0.05) is 0 Å². The summed E-state index contributed by atoms with van der Waals surface area (Å²) >= 11 is 0. The first-order valence-electron chi connectivity index (χ1n) is 7.11. The lowest BCUT2D eigenvalue weighted by Crippen LogP contribution is -2.44. The van der Waals surface area contributed by atoms with E-state index in [-0.39, 0.29) is 5.95 Å². The van der Waals surface area contributed by atoms with Crippen molar-refractivity contribution in [3.05, 3.63) is 6.33 Å². The number of hydrogen-bond donors (Lipinski definition) is 4. The summed E-state index contributed by atoms with van der Waals surface area (Å²) in [7, 11) is 3.60. The zero-order valence-corrected chi connectivity index (χ0v) is 13.1. The summed E-state index contributed by atoms with van der Waals surface area (Å²) in [6.07, 6.45) is -1.68. The molecular weight excluding hydrogens is 304 g/mol. The van der Waals surface area contributed by atoms with Crippen LogP contribution in [0, 0.1) is 0 Å². The van der Waals surface area contributed by atoms with Gasteiger partial charge in [-0.25, -0.2) is 4.98 Å². The van der Waals surface area contributed by atoms with Crippen molar-refractivity contribution in [1.82, 2.24) is 19.5 Å². The Hall–Kier alpha value is -2.01. The Morgan fingerprint density at radius 3 is 2.70 bits per heavy atom. The maximum Gasteiger partial charge on any atom is 0.224 e. The zero-order valence-electron chi connectivity index (χ0n) is 13.1. The number of nitrogen functional groups attached to an aromatic ring is 1. The van der Waals surface area contributed by atoms with E-state index in [1.54, 1.807) is 19.0 Å². The minimum atomic E-state index is -1.63. The molecule has 1 fully saturated rings. The van der Waals surface area contributed by atoms with Crippen LogP contribution >= 0.6 is 0 Å². The second-order valence-electron chi connectivity index (χ2n) is 6.00. The molecule has 0 aromatic carbocycles. The van der Waals surface area contributed by atoms with Crippen LogP contribution < -0.4 is 10.6 Å². The third-order valence-corrected chi connectivity index (χ3v) is 4.03. The Kier molecular flexibility index (Phi) is 3.64. The summed E-state index contributed by atoms with van der Waals surface area (Å²) in [5.74, 6) is 0.586. The largest absolute Gasteiger partial charge is 0.394 e. The average Bonchev–Trinajstić information content (AvgIpc) is 2.98. The highest BCUT2D eigenvalue weighted by Gasteiger charge is 2.53. The average molecular weight is 324 g/mol. The van der Waals surface area contributed by atoms with Crippen LogP contribution in [-0.2, 0) is 4.74 Å². The highest BCUT2D eigenvalue weighted by molar-refractivity contribution is 5.84. The molecule has 0 aliphatic carbocycles. The molecule has 23 heavy (non-hydrogen) atoms. The summed E-state index contributed by atoms with van der Waals surface area (Å²) in [6, 6.07) is 0. The number of ether oxygens (including phenoxy) is 1. The summed E-state index contributed by atoms with van der Waals surface area (Å²) in [5, 5.41) is 30.0. The van der Waals surface area contributed by atoms with Crippen LogP contribution in [0.1, 0.15) is 13.2 Å². The predicted octanol–water partition coefficient (Wildman–Crippen LogP) is -1.52. The molecule has 2 aromatic heterocycles. The van der Waals surface area contributed by atoms with Gasteiger partial charge in [-0.05, 0) is 6.92 Å². The van der Waals surface area contributed by atoms with Gasteiger partial charge < -0.3 is 30.7 Å². The lowest BCUT2D eigenvalue weighted by molar-refractivity contribution is -0.0950. The first kappa shape index (κ1) is 15.9. The second-order valence-corrected chi connectivity index (χ2v) is 6.00. The van der Waals surface area contributed by atoms with Gasteiger partial charge in [0.15, 0.2) is 23.2 Å².